The standard InChI is InChI=1S/C24H25NO6S/c1-29-20-10-4-17(5-11-20)16-23(18-6-12-21(30-2)13-7-18)25-32(27,28)22-14-8-19(9-15-22)24(26)31-3/h4-15,23,25H,16H2,1-3H3/t23-/m1/s1. The van der Waals surface area contributed by atoms with Crippen molar-refractivity contribution in [1.29, 1.82) is 0 Å². The number of carbonyl (C=O) groups is 1. The summed E-state index contributed by atoms with van der Waals surface area (Å²) in [7, 11) is 0.573. The predicted molar refractivity (Wildman–Crippen MR) is 121 cm³/mol. The summed E-state index contributed by atoms with van der Waals surface area (Å²) in [5, 5.41) is 0. The molecule has 3 rings (SSSR count). The van der Waals surface area contributed by atoms with Crippen LogP contribution in [0, 0.1) is 0 Å². The van der Waals surface area contributed by atoms with Crippen LogP contribution in [0.25, 0.3) is 0 Å². The van der Waals surface area contributed by atoms with E-state index in [0.29, 0.717) is 12.2 Å². The van der Waals surface area contributed by atoms with Gasteiger partial charge in [-0.3, -0.25) is 0 Å². The zero-order chi connectivity index (χ0) is 23.1. The third kappa shape index (κ3) is 5.66. The molecule has 0 saturated heterocycles. The second-order valence-electron chi connectivity index (χ2n) is 7.02. The van der Waals surface area contributed by atoms with Crippen molar-refractivity contribution >= 4 is 16.0 Å². The minimum atomic E-state index is -3.86. The number of benzene rings is 3. The number of rotatable bonds is 9. The lowest BCUT2D eigenvalue weighted by atomic mass is 9.99. The van der Waals surface area contributed by atoms with Crippen molar-refractivity contribution in [1.82, 2.24) is 4.72 Å². The molecule has 0 radical (unpaired) electrons. The van der Waals surface area contributed by atoms with Crippen molar-refractivity contribution in [2.24, 2.45) is 0 Å². The Morgan fingerprint density at radius 1 is 0.812 bits per heavy atom. The molecular weight excluding hydrogens is 430 g/mol. The lowest BCUT2D eigenvalue weighted by Gasteiger charge is -2.20. The summed E-state index contributed by atoms with van der Waals surface area (Å²) in [6.07, 6.45) is 0.426. The van der Waals surface area contributed by atoms with Crippen molar-refractivity contribution in [3.63, 3.8) is 0 Å². The van der Waals surface area contributed by atoms with Crippen LogP contribution in [0.4, 0.5) is 0 Å². The Bertz CT molecular complexity index is 1140. The minimum absolute atomic E-state index is 0.0541. The van der Waals surface area contributed by atoms with Crippen molar-refractivity contribution < 1.29 is 27.4 Å². The molecule has 0 aromatic heterocycles. The summed E-state index contributed by atoms with van der Waals surface area (Å²) >= 11 is 0. The Labute approximate surface area is 188 Å². The van der Waals surface area contributed by atoms with E-state index >= 15 is 0 Å². The van der Waals surface area contributed by atoms with Gasteiger partial charge in [0.05, 0.1) is 37.8 Å². The highest BCUT2D eigenvalue weighted by molar-refractivity contribution is 7.89. The van der Waals surface area contributed by atoms with Gasteiger partial charge in [-0.25, -0.2) is 17.9 Å². The van der Waals surface area contributed by atoms with Crippen molar-refractivity contribution in [3.05, 3.63) is 89.5 Å². The van der Waals surface area contributed by atoms with E-state index < -0.39 is 22.0 Å². The van der Waals surface area contributed by atoms with Crippen molar-refractivity contribution in [2.45, 2.75) is 17.4 Å². The van der Waals surface area contributed by atoms with Gasteiger partial charge < -0.3 is 14.2 Å². The number of hydrogen-bond donors (Lipinski definition) is 1. The maximum atomic E-state index is 13.1. The molecule has 0 saturated carbocycles. The fourth-order valence-corrected chi connectivity index (χ4v) is 4.43. The molecule has 8 heteroatoms. The number of sulfonamides is 1. The lowest BCUT2D eigenvalue weighted by molar-refractivity contribution is 0.0600. The molecule has 0 heterocycles. The van der Waals surface area contributed by atoms with E-state index in [0.717, 1.165) is 16.9 Å². The van der Waals surface area contributed by atoms with E-state index in [9.17, 15) is 13.2 Å². The van der Waals surface area contributed by atoms with Crippen LogP contribution in [0.2, 0.25) is 0 Å². The fourth-order valence-electron chi connectivity index (χ4n) is 3.20. The summed E-state index contributed by atoms with van der Waals surface area (Å²) in [5.74, 6) is 0.872. The Morgan fingerprint density at radius 2 is 1.34 bits per heavy atom. The van der Waals surface area contributed by atoms with E-state index in [2.05, 4.69) is 9.46 Å². The smallest absolute Gasteiger partial charge is 0.337 e. The van der Waals surface area contributed by atoms with Gasteiger partial charge in [-0.15, -0.1) is 0 Å². The van der Waals surface area contributed by atoms with Gasteiger partial charge in [-0.2, -0.15) is 0 Å². The number of ether oxygens (including phenoxy) is 3. The summed E-state index contributed by atoms with van der Waals surface area (Å²) in [4.78, 5) is 11.7. The zero-order valence-electron chi connectivity index (χ0n) is 18.1. The summed E-state index contributed by atoms with van der Waals surface area (Å²) in [6.45, 7) is 0. The quantitative estimate of drug-likeness (QED) is 0.494. The summed E-state index contributed by atoms with van der Waals surface area (Å²) in [6, 6.07) is 19.8. The molecule has 3 aromatic rings. The number of hydrogen-bond acceptors (Lipinski definition) is 6. The van der Waals surface area contributed by atoms with Gasteiger partial charge in [0, 0.05) is 0 Å². The molecule has 3 aromatic carbocycles. The van der Waals surface area contributed by atoms with Crippen LogP contribution in [-0.4, -0.2) is 35.7 Å². The van der Waals surface area contributed by atoms with Crippen LogP contribution in [0.5, 0.6) is 11.5 Å². The molecule has 0 spiro atoms. The first-order chi connectivity index (χ1) is 15.4. The molecule has 168 valence electrons. The van der Waals surface area contributed by atoms with E-state index in [1.54, 1.807) is 26.4 Å². The van der Waals surface area contributed by atoms with Crippen molar-refractivity contribution in [2.75, 3.05) is 21.3 Å². The number of methoxy groups -OCH3 is 3. The van der Waals surface area contributed by atoms with Crippen LogP contribution in [0.15, 0.2) is 77.7 Å². The summed E-state index contributed by atoms with van der Waals surface area (Å²) in [5.41, 5.74) is 2.00. The molecule has 1 atom stereocenters. The summed E-state index contributed by atoms with van der Waals surface area (Å²) < 4.78 is 44.1. The fraction of sp³-hybridized carbons (Fsp3) is 0.208. The number of nitrogens with one attached hydrogen (secondary N) is 1. The molecule has 0 fully saturated rings. The van der Waals surface area contributed by atoms with Crippen molar-refractivity contribution in [3.8, 4) is 11.5 Å². The highest BCUT2D eigenvalue weighted by Crippen LogP contribution is 2.25. The average Bonchev–Trinajstić information content (AvgIpc) is 2.83. The third-order valence-corrected chi connectivity index (χ3v) is 6.49. The van der Waals surface area contributed by atoms with E-state index in [-0.39, 0.29) is 10.5 Å². The molecule has 0 bridgehead atoms. The maximum absolute atomic E-state index is 13.1. The first-order valence-electron chi connectivity index (χ1n) is 9.84. The molecule has 0 aliphatic carbocycles. The van der Waals surface area contributed by atoms with Gasteiger partial charge in [-0.1, -0.05) is 24.3 Å². The minimum Gasteiger partial charge on any atom is -0.497 e. The van der Waals surface area contributed by atoms with E-state index in [4.69, 9.17) is 9.47 Å². The Morgan fingerprint density at radius 3 is 1.84 bits per heavy atom. The van der Waals surface area contributed by atoms with Gasteiger partial charge in [0.15, 0.2) is 0 Å². The molecule has 1 N–H and O–H groups in total. The molecule has 7 nitrogen and oxygen atoms in total. The Hall–Kier alpha value is -3.36. The average molecular weight is 456 g/mol. The first kappa shape index (κ1) is 23.3. The second kappa shape index (κ2) is 10.3. The van der Waals surface area contributed by atoms with Crippen LogP contribution in [0.1, 0.15) is 27.5 Å². The van der Waals surface area contributed by atoms with Gasteiger partial charge >= 0.3 is 5.97 Å². The zero-order valence-corrected chi connectivity index (χ0v) is 18.9. The largest absolute Gasteiger partial charge is 0.497 e. The molecule has 32 heavy (non-hydrogen) atoms. The highest BCUT2D eigenvalue weighted by Gasteiger charge is 2.22. The number of carbonyl (C=O) groups excluding carboxylic acids is 1. The number of esters is 1. The molecular formula is C24H25NO6S. The van der Waals surface area contributed by atoms with E-state index in [1.807, 2.05) is 36.4 Å². The molecule has 0 unspecified atom stereocenters. The van der Waals surface area contributed by atoms with Crippen LogP contribution < -0.4 is 14.2 Å². The molecule has 0 aliphatic heterocycles. The maximum Gasteiger partial charge on any atom is 0.337 e. The molecule has 0 amide bonds. The van der Waals surface area contributed by atoms with Gasteiger partial charge in [0.2, 0.25) is 10.0 Å². The van der Waals surface area contributed by atoms with Crippen LogP contribution in [0.3, 0.4) is 0 Å². The topological polar surface area (TPSA) is 90.9 Å². The molecule has 0 aliphatic rings. The van der Waals surface area contributed by atoms with Crippen LogP contribution >= 0.6 is 0 Å². The van der Waals surface area contributed by atoms with E-state index in [1.165, 1.54) is 31.4 Å². The van der Waals surface area contributed by atoms with Crippen LogP contribution in [-0.2, 0) is 21.2 Å². The monoisotopic (exact) mass is 455 g/mol. The predicted octanol–water partition coefficient (Wildman–Crippen LogP) is 3.75. The van der Waals surface area contributed by atoms with Gasteiger partial charge in [-0.05, 0) is 66.1 Å². The Balaban J connectivity index is 1.89. The first-order valence-corrected chi connectivity index (χ1v) is 11.3. The SMILES string of the molecule is COC(=O)c1ccc(S(=O)(=O)N[C@H](Cc2ccc(OC)cc2)c2ccc(OC)cc2)cc1. The van der Waals surface area contributed by atoms with Gasteiger partial charge in [0.1, 0.15) is 11.5 Å². The normalized spacial score (nSPS) is 12.1. The highest BCUT2D eigenvalue weighted by atomic mass is 32.2. The second-order valence-corrected chi connectivity index (χ2v) is 8.73. The Kier molecular flexibility index (Phi) is 7.50. The lowest BCUT2D eigenvalue weighted by Crippen LogP contribution is -2.30. The van der Waals surface area contributed by atoms with Gasteiger partial charge in [0.25, 0.3) is 0 Å². The third-order valence-electron chi connectivity index (χ3n) is 5.00.